The molecule has 3 heteroatoms. The van der Waals surface area contributed by atoms with Crippen molar-refractivity contribution in [3.8, 4) is 12.3 Å². The number of nitrogens with two attached hydrogens (primary N) is 1. The van der Waals surface area contributed by atoms with Gasteiger partial charge in [-0.1, -0.05) is 12.8 Å². The first-order valence-electron chi connectivity index (χ1n) is 5.05. The number of nitrogens with one attached hydrogen (secondary N) is 1. The number of hydrogen-bond donors (Lipinski definition) is 2. The molecule has 0 aromatic heterocycles. The molecule has 0 radical (unpaired) electrons. The molecule has 0 rings (SSSR count). The average molecular weight is 196 g/mol. The van der Waals surface area contributed by atoms with Crippen molar-refractivity contribution in [2.24, 2.45) is 11.7 Å². The lowest BCUT2D eigenvalue weighted by molar-refractivity contribution is -0.121. The smallest absolute Gasteiger partial charge is 0.220 e. The maximum atomic E-state index is 11.3. The monoisotopic (exact) mass is 196 g/mol. The Bertz CT molecular complexity index is 208. The molecule has 0 saturated heterocycles. The second kappa shape index (κ2) is 7.40. The number of hydrogen-bond acceptors (Lipinski definition) is 2. The highest BCUT2D eigenvalue weighted by atomic mass is 16.1. The van der Waals surface area contributed by atoms with E-state index in [1.807, 2.05) is 0 Å². The summed E-state index contributed by atoms with van der Waals surface area (Å²) in [6.07, 6.45) is 7.52. The van der Waals surface area contributed by atoms with Crippen molar-refractivity contribution in [2.45, 2.75) is 39.2 Å². The molecule has 0 bridgehead atoms. The number of carbonyl (C=O) groups excluding carboxylic acids is 1. The van der Waals surface area contributed by atoms with Gasteiger partial charge in [0.15, 0.2) is 0 Å². The first kappa shape index (κ1) is 13.0. The van der Waals surface area contributed by atoms with Gasteiger partial charge in [0.2, 0.25) is 5.91 Å². The van der Waals surface area contributed by atoms with Crippen LogP contribution in [0.15, 0.2) is 0 Å². The summed E-state index contributed by atoms with van der Waals surface area (Å²) < 4.78 is 0. The van der Waals surface area contributed by atoms with Crippen LogP contribution in [0, 0.1) is 18.3 Å². The predicted octanol–water partition coefficient (Wildman–Crippen LogP) is 0.889. The molecule has 0 aromatic rings. The quantitative estimate of drug-likeness (QED) is 0.620. The summed E-state index contributed by atoms with van der Waals surface area (Å²) in [7, 11) is 0. The van der Waals surface area contributed by atoms with E-state index in [0.717, 1.165) is 12.8 Å². The first-order chi connectivity index (χ1) is 6.60. The summed E-state index contributed by atoms with van der Waals surface area (Å²) in [5.41, 5.74) is 5.41. The van der Waals surface area contributed by atoms with E-state index < -0.39 is 0 Å². The summed E-state index contributed by atoms with van der Waals surface area (Å²) in [5, 5.41) is 2.72. The van der Waals surface area contributed by atoms with Gasteiger partial charge in [0.05, 0.1) is 6.04 Å². The zero-order valence-electron chi connectivity index (χ0n) is 9.05. The van der Waals surface area contributed by atoms with Crippen LogP contribution in [0.5, 0.6) is 0 Å². The maximum Gasteiger partial charge on any atom is 0.220 e. The highest BCUT2D eigenvalue weighted by molar-refractivity contribution is 5.76. The van der Waals surface area contributed by atoms with Gasteiger partial charge >= 0.3 is 0 Å². The number of rotatable bonds is 6. The van der Waals surface area contributed by atoms with Crippen LogP contribution in [0.3, 0.4) is 0 Å². The van der Waals surface area contributed by atoms with Crippen molar-refractivity contribution < 1.29 is 4.79 Å². The topological polar surface area (TPSA) is 55.1 Å². The molecule has 2 atom stereocenters. The molecule has 80 valence electrons. The molecule has 14 heavy (non-hydrogen) atoms. The van der Waals surface area contributed by atoms with E-state index in [4.69, 9.17) is 12.2 Å². The molecular formula is C11H20N2O. The Balaban J connectivity index is 3.59. The van der Waals surface area contributed by atoms with Crippen molar-refractivity contribution in [3.05, 3.63) is 0 Å². The van der Waals surface area contributed by atoms with Gasteiger partial charge < -0.3 is 11.1 Å². The van der Waals surface area contributed by atoms with E-state index in [1.165, 1.54) is 0 Å². The molecule has 0 aromatic carbocycles. The molecule has 0 aliphatic heterocycles. The van der Waals surface area contributed by atoms with Gasteiger partial charge in [0, 0.05) is 6.42 Å². The van der Waals surface area contributed by atoms with Gasteiger partial charge in [-0.2, -0.15) is 0 Å². The van der Waals surface area contributed by atoms with Crippen LogP contribution in [0.1, 0.15) is 33.1 Å². The van der Waals surface area contributed by atoms with Gasteiger partial charge in [0.25, 0.3) is 0 Å². The fourth-order valence-corrected chi connectivity index (χ4v) is 1.16. The second-order valence-electron chi connectivity index (χ2n) is 3.68. The van der Waals surface area contributed by atoms with Gasteiger partial charge in [-0.15, -0.1) is 6.42 Å². The van der Waals surface area contributed by atoms with Crippen molar-refractivity contribution in [1.82, 2.24) is 5.32 Å². The van der Waals surface area contributed by atoms with Crippen LogP contribution >= 0.6 is 0 Å². The van der Waals surface area contributed by atoms with E-state index in [1.54, 1.807) is 6.92 Å². The van der Waals surface area contributed by atoms with Crippen LogP contribution in [-0.2, 0) is 4.79 Å². The van der Waals surface area contributed by atoms with Crippen molar-refractivity contribution in [3.63, 3.8) is 0 Å². The summed E-state index contributed by atoms with van der Waals surface area (Å²) >= 11 is 0. The van der Waals surface area contributed by atoms with E-state index in [0.29, 0.717) is 18.9 Å². The zero-order valence-corrected chi connectivity index (χ0v) is 9.05. The van der Waals surface area contributed by atoms with Gasteiger partial charge in [-0.3, -0.25) is 4.79 Å². The second-order valence-corrected chi connectivity index (χ2v) is 3.68. The van der Waals surface area contributed by atoms with Crippen LogP contribution < -0.4 is 11.1 Å². The van der Waals surface area contributed by atoms with Gasteiger partial charge in [-0.05, 0) is 32.2 Å². The third kappa shape index (κ3) is 6.50. The van der Waals surface area contributed by atoms with Crippen LogP contribution in [-0.4, -0.2) is 18.5 Å². The molecule has 0 spiro atoms. The SMILES string of the molecule is C#CC(C)NC(=O)CCC(C)CCN. The van der Waals surface area contributed by atoms with Gasteiger partial charge in [0.1, 0.15) is 0 Å². The van der Waals surface area contributed by atoms with E-state index in [2.05, 4.69) is 18.2 Å². The van der Waals surface area contributed by atoms with Crippen molar-refractivity contribution in [2.75, 3.05) is 6.54 Å². The van der Waals surface area contributed by atoms with Crippen LogP contribution in [0.25, 0.3) is 0 Å². The summed E-state index contributed by atoms with van der Waals surface area (Å²) in [5.74, 6) is 2.99. The standard InChI is InChI=1S/C11H20N2O/c1-4-10(3)13-11(14)6-5-9(2)7-8-12/h1,9-10H,5-8,12H2,2-3H3,(H,13,14). The van der Waals surface area contributed by atoms with E-state index in [9.17, 15) is 4.79 Å². The minimum absolute atomic E-state index is 0.0271. The molecule has 0 fully saturated rings. The van der Waals surface area contributed by atoms with Crippen LogP contribution in [0.4, 0.5) is 0 Å². The lowest BCUT2D eigenvalue weighted by Gasteiger charge is -2.11. The lowest BCUT2D eigenvalue weighted by atomic mass is 10.0. The van der Waals surface area contributed by atoms with E-state index >= 15 is 0 Å². The normalized spacial score (nSPS) is 14.1. The largest absolute Gasteiger partial charge is 0.343 e. The summed E-state index contributed by atoms with van der Waals surface area (Å²) in [4.78, 5) is 11.3. The number of terminal acetylenes is 1. The van der Waals surface area contributed by atoms with Crippen molar-refractivity contribution in [1.29, 1.82) is 0 Å². The molecule has 3 nitrogen and oxygen atoms in total. The first-order valence-corrected chi connectivity index (χ1v) is 5.05. The molecule has 2 unspecified atom stereocenters. The minimum Gasteiger partial charge on any atom is -0.343 e. The van der Waals surface area contributed by atoms with Crippen LogP contribution in [0.2, 0.25) is 0 Å². The molecule has 0 aliphatic carbocycles. The fraction of sp³-hybridized carbons (Fsp3) is 0.727. The maximum absolute atomic E-state index is 11.3. The Labute approximate surface area is 86.4 Å². The molecule has 3 N–H and O–H groups in total. The third-order valence-electron chi connectivity index (χ3n) is 2.15. The summed E-state index contributed by atoms with van der Waals surface area (Å²) in [6, 6.07) is -0.174. The average Bonchev–Trinajstić information content (AvgIpc) is 2.15. The lowest BCUT2D eigenvalue weighted by Crippen LogP contribution is -2.31. The Hall–Kier alpha value is -1.01. The molecule has 0 saturated carbocycles. The highest BCUT2D eigenvalue weighted by Gasteiger charge is 2.07. The molecular weight excluding hydrogens is 176 g/mol. The van der Waals surface area contributed by atoms with E-state index in [-0.39, 0.29) is 11.9 Å². The predicted molar refractivity (Wildman–Crippen MR) is 58.5 cm³/mol. The molecule has 0 heterocycles. The highest BCUT2D eigenvalue weighted by Crippen LogP contribution is 2.08. The molecule has 0 aliphatic rings. The Morgan fingerprint density at radius 1 is 1.50 bits per heavy atom. The number of amides is 1. The Kier molecular flexibility index (Phi) is 6.87. The molecule has 1 amide bonds. The third-order valence-corrected chi connectivity index (χ3v) is 2.15. The fourth-order valence-electron chi connectivity index (χ4n) is 1.16. The Morgan fingerprint density at radius 2 is 2.14 bits per heavy atom. The van der Waals surface area contributed by atoms with Crippen molar-refractivity contribution >= 4 is 5.91 Å². The Morgan fingerprint density at radius 3 is 2.64 bits per heavy atom. The minimum atomic E-state index is -0.174. The van der Waals surface area contributed by atoms with Gasteiger partial charge in [-0.25, -0.2) is 0 Å². The summed E-state index contributed by atoms with van der Waals surface area (Å²) in [6.45, 7) is 4.58. The number of carbonyl (C=O) groups is 1. The zero-order chi connectivity index (χ0) is 11.0.